The molecule has 0 spiro atoms. The van der Waals surface area contributed by atoms with Crippen LogP contribution in [-0.2, 0) is 23.9 Å². The zero-order valence-corrected chi connectivity index (χ0v) is 23.3. The highest BCUT2D eigenvalue weighted by Gasteiger charge is 2.45. The summed E-state index contributed by atoms with van der Waals surface area (Å²) in [6.45, 7) is 10.3. The molecular weight excluding hydrogens is 502 g/mol. The zero-order valence-electron chi connectivity index (χ0n) is 23.3. The van der Waals surface area contributed by atoms with Crippen molar-refractivity contribution in [2.75, 3.05) is 13.2 Å². The summed E-state index contributed by atoms with van der Waals surface area (Å²) in [6, 6.07) is 7.55. The van der Waals surface area contributed by atoms with Crippen molar-refractivity contribution in [1.29, 1.82) is 0 Å². The molecule has 11 heteroatoms. The fourth-order valence-electron chi connectivity index (χ4n) is 4.05. The number of fused-ring (bicyclic) bond motifs is 1. The lowest BCUT2D eigenvalue weighted by Crippen LogP contribution is -2.60. The standard InChI is InChI=1S/C28H39N5O6/c1-16(2)23(25(36)30-17(3)24(35)33-29)32-26(37)28(14-38-27(5,6)39-15-28)12-11-19-7-8-20-9-10-21(18(4)34)31-22(20)13-19/h7-13,16-18,23,34H,14-15,29H2,1-6H3,(H,30,36)(H,32,37)(H,33,35)/b12-11+/t17-,18+,23-/m0/s1. The Kier molecular flexibility index (Phi) is 9.44. The molecular formula is C28H39N5O6. The number of nitrogens with two attached hydrogens (primary N) is 1. The van der Waals surface area contributed by atoms with Crippen molar-refractivity contribution >= 4 is 34.7 Å². The predicted molar refractivity (Wildman–Crippen MR) is 147 cm³/mol. The van der Waals surface area contributed by atoms with Gasteiger partial charge in [-0.2, -0.15) is 0 Å². The van der Waals surface area contributed by atoms with Gasteiger partial charge in [-0.05, 0) is 51.3 Å². The molecule has 3 atom stereocenters. The van der Waals surface area contributed by atoms with Gasteiger partial charge in [-0.1, -0.05) is 44.2 Å². The Labute approximate surface area is 228 Å². The van der Waals surface area contributed by atoms with Crippen LogP contribution in [0.1, 0.15) is 58.9 Å². The molecule has 1 saturated heterocycles. The molecule has 1 aliphatic heterocycles. The van der Waals surface area contributed by atoms with Gasteiger partial charge in [0.05, 0.1) is 30.5 Å². The van der Waals surface area contributed by atoms with Gasteiger partial charge in [0.1, 0.15) is 17.5 Å². The summed E-state index contributed by atoms with van der Waals surface area (Å²) in [5.74, 6) is 2.49. The highest BCUT2D eigenvalue weighted by Crippen LogP contribution is 2.33. The molecule has 0 aliphatic carbocycles. The molecule has 1 aromatic carbocycles. The lowest BCUT2D eigenvalue weighted by atomic mass is 9.85. The quantitative estimate of drug-likeness (QED) is 0.182. The fraction of sp³-hybridized carbons (Fsp3) is 0.500. The SMILES string of the molecule is CC(C)[C@H](NC(=O)C1(/C=C/c2ccc3ccc([C@@H](C)O)nc3c2)COC(C)(C)OC1)C(=O)N[C@@H](C)C(=O)NN. The molecule has 0 radical (unpaired) electrons. The van der Waals surface area contributed by atoms with E-state index in [4.69, 9.17) is 15.3 Å². The Bertz CT molecular complexity index is 1230. The maximum Gasteiger partial charge on any atom is 0.256 e. The summed E-state index contributed by atoms with van der Waals surface area (Å²) < 4.78 is 11.7. The third-order valence-corrected chi connectivity index (χ3v) is 6.70. The zero-order chi connectivity index (χ0) is 29.0. The van der Waals surface area contributed by atoms with Crippen LogP contribution in [0.5, 0.6) is 0 Å². The summed E-state index contributed by atoms with van der Waals surface area (Å²) >= 11 is 0. The van der Waals surface area contributed by atoms with Gasteiger partial charge < -0.3 is 25.2 Å². The van der Waals surface area contributed by atoms with Crippen LogP contribution < -0.4 is 21.9 Å². The van der Waals surface area contributed by atoms with Crippen molar-refractivity contribution in [2.24, 2.45) is 17.2 Å². The van der Waals surface area contributed by atoms with Crippen molar-refractivity contribution in [2.45, 2.75) is 65.5 Å². The van der Waals surface area contributed by atoms with E-state index in [9.17, 15) is 19.5 Å². The van der Waals surface area contributed by atoms with Gasteiger partial charge in [-0.3, -0.25) is 24.8 Å². The number of ether oxygens (including phenoxy) is 2. The maximum absolute atomic E-state index is 13.7. The van der Waals surface area contributed by atoms with Crippen molar-refractivity contribution < 1.29 is 29.0 Å². The summed E-state index contributed by atoms with van der Waals surface area (Å²) in [5.41, 5.74) is 2.82. The van der Waals surface area contributed by atoms with E-state index in [1.807, 2.05) is 29.7 Å². The van der Waals surface area contributed by atoms with Crippen molar-refractivity contribution in [3.05, 3.63) is 47.7 Å². The first kappa shape index (κ1) is 30.2. The van der Waals surface area contributed by atoms with Crippen LogP contribution in [-0.4, -0.2) is 58.9 Å². The van der Waals surface area contributed by atoms with Gasteiger partial charge in [0, 0.05) is 5.39 Å². The number of pyridine rings is 1. The molecule has 0 bridgehead atoms. The number of amides is 3. The topological polar surface area (TPSA) is 165 Å². The van der Waals surface area contributed by atoms with Crippen LogP contribution in [0.25, 0.3) is 17.0 Å². The second-order valence-electron chi connectivity index (χ2n) is 10.8. The molecule has 2 aromatic rings. The van der Waals surface area contributed by atoms with Crippen LogP contribution >= 0.6 is 0 Å². The molecule has 3 rings (SSSR count). The molecule has 212 valence electrons. The first-order valence-electron chi connectivity index (χ1n) is 12.9. The Morgan fingerprint density at radius 1 is 1.03 bits per heavy atom. The Balaban J connectivity index is 1.89. The second-order valence-corrected chi connectivity index (χ2v) is 10.8. The van der Waals surface area contributed by atoms with Crippen molar-refractivity contribution in [3.8, 4) is 0 Å². The van der Waals surface area contributed by atoms with E-state index in [1.165, 1.54) is 6.92 Å². The van der Waals surface area contributed by atoms with E-state index >= 15 is 0 Å². The Morgan fingerprint density at radius 3 is 2.26 bits per heavy atom. The van der Waals surface area contributed by atoms with E-state index in [2.05, 4.69) is 15.6 Å². The van der Waals surface area contributed by atoms with E-state index in [0.29, 0.717) is 11.2 Å². The number of hydrazine groups is 1. The van der Waals surface area contributed by atoms with Crippen molar-refractivity contribution in [3.63, 3.8) is 0 Å². The predicted octanol–water partition coefficient (Wildman–Crippen LogP) is 1.71. The van der Waals surface area contributed by atoms with E-state index in [-0.39, 0.29) is 19.1 Å². The van der Waals surface area contributed by atoms with Crippen LogP contribution in [0.15, 0.2) is 36.4 Å². The van der Waals surface area contributed by atoms with Gasteiger partial charge in [-0.15, -0.1) is 0 Å². The number of hydrogen-bond acceptors (Lipinski definition) is 8. The molecule has 11 nitrogen and oxygen atoms in total. The summed E-state index contributed by atoms with van der Waals surface area (Å²) in [4.78, 5) is 43.0. The minimum Gasteiger partial charge on any atom is -0.387 e. The monoisotopic (exact) mass is 541 g/mol. The van der Waals surface area contributed by atoms with Crippen LogP contribution in [0.4, 0.5) is 0 Å². The number of carbonyl (C=O) groups excluding carboxylic acids is 3. The summed E-state index contributed by atoms with van der Waals surface area (Å²) in [5, 5.41) is 16.2. The number of rotatable bonds is 9. The van der Waals surface area contributed by atoms with E-state index in [0.717, 1.165) is 10.9 Å². The van der Waals surface area contributed by atoms with Gasteiger partial charge in [0.2, 0.25) is 11.8 Å². The van der Waals surface area contributed by atoms with Gasteiger partial charge in [0.15, 0.2) is 5.79 Å². The first-order chi connectivity index (χ1) is 18.3. The lowest BCUT2D eigenvalue weighted by Gasteiger charge is -2.41. The molecule has 1 aliphatic rings. The molecule has 3 amide bonds. The average Bonchev–Trinajstić information content (AvgIpc) is 2.89. The Morgan fingerprint density at radius 2 is 1.67 bits per heavy atom. The number of benzene rings is 1. The van der Waals surface area contributed by atoms with Crippen LogP contribution in [0.3, 0.4) is 0 Å². The second kappa shape index (κ2) is 12.2. The van der Waals surface area contributed by atoms with Gasteiger partial charge in [-0.25, -0.2) is 5.84 Å². The number of nitrogens with one attached hydrogen (secondary N) is 3. The van der Waals surface area contributed by atoms with Gasteiger partial charge >= 0.3 is 0 Å². The van der Waals surface area contributed by atoms with E-state index in [1.54, 1.807) is 52.8 Å². The first-order valence-corrected chi connectivity index (χ1v) is 12.9. The molecule has 1 fully saturated rings. The third kappa shape index (κ3) is 7.39. The summed E-state index contributed by atoms with van der Waals surface area (Å²) in [6.07, 6.45) is 2.81. The fourth-order valence-corrected chi connectivity index (χ4v) is 4.05. The maximum atomic E-state index is 13.7. The Hall–Kier alpha value is -3.38. The normalized spacial score (nSPS) is 18.9. The number of aromatic nitrogens is 1. The van der Waals surface area contributed by atoms with E-state index < -0.39 is 47.1 Å². The number of hydrogen-bond donors (Lipinski definition) is 5. The lowest BCUT2D eigenvalue weighted by molar-refractivity contribution is -0.272. The number of nitrogens with zero attached hydrogens (tertiary/aromatic N) is 1. The average molecular weight is 542 g/mol. The summed E-state index contributed by atoms with van der Waals surface area (Å²) in [7, 11) is 0. The number of aliphatic hydroxyl groups excluding tert-OH is 1. The minimum absolute atomic E-state index is 0.0265. The molecule has 39 heavy (non-hydrogen) atoms. The highest BCUT2D eigenvalue weighted by atomic mass is 16.7. The van der Waals surface area contributed by atoms with Crippen molar-refractivity contribution in [1.82, 2.24) is 21.0 Å². The third-order valence-electron chi connectivity index (χ3n) is 6.70. The smallest absolute Gasteiger partial charge is 0.256 e. The largest absolute Gasteiger partial charge is 0.387 e. The molecule has 2 heterocycles. The number of aliphatic hydroxyl groups is 1. The molecule has 0 saturated carbocycles. The highest BCUT2D eigenvalue weighted by molar-refractivity contribution is 5.94. The molecule has 1 aromatic heterocycles. The minimum atomic E-state index is -1.23. The van der Waals surface area contributed by atoms with Crippen LogP contribution in [0.2, 0.25) is 0 Å². The molecule has 0 unspecified atom stereocenters. The van der Waals surface area contributed by atoms with Crippen LogP contribution in [0, 0.1) is 11.3 Å². The molecule has 6 N–H and O–H groups in total. The van der Waals surface area contributed by atoms with Gasteiger partial charge in [0.25, 0.3) is 5.91 Å². The number of carbonyl (C=O) groups is 3.